The zero-order valence-corrected chi connectivity index (χ0v) is 11.2. The SMILES string of the molecule is CC(Oc1ccc(C(=O)O)c([N+](=O)[O-])c1)c1ccccc1. The first-order valence-electron chi connectivity index (χ1n) is 6.22. The van der Waals surface area contributed by atoms with E-state index < -0.39 is 16.6 Å². The molecule has 0 amide bonds. The molecule has 0 aliphatic carbocycles. The van der Waals surface area contributed by atoms with Crippen LogP contribution >= 0.6 is 0 Å². The van der Waals surface area contributed by atoms with E-state index in [1.165, 1.54) is 12.1 Å². The number of carboxylic acids is 1. The van der Waals surface area contributed by atoms with Gasteiger partial charge in [-0.05, 0) is 24.6 Å². The summed E-state index contributed by atoms with van der Waals surface area (Å²) in [5.41, 5.74) is 0.0717. The molecule has 0 heterocycles. The molecule has 0 fully saturated rings. The van der Waals surface area contributed by atoms with Crippen LogP contribution in [0.4, 0.5) is 5.69 Å². The van der Waals surface area contributed by atoms with Gasteiger partial charge in [-0.3, -0.25) is 10.1 Å². The van der Waals surface area contributed by atoms with E-state index >= 15 is 0 Å². The molecule has 0 bridgehead atoms. The Balaban J connectivity index is 2.27. The summed E-state index contributed by atoms with van der Waals surface area (Å²) in [6.45, 7) is 1.81. The van der Waals surface area contributed by atoms with Crippen LogP contribution in [0, 0.1) is 10.1 Å². The highest BCUT2D eigenvalue weighted by atomic mass is 16.6. The Labute approximate surface area is 120 Å². The van der Waals surface area contributed by atoms with Crippen LogP contribution < -0.4 is 4.74 Å². The number of nitro benzene ring substituents is 1. The molecule has 2 aromatic rings. The summed E-state index contributed by atoms with van der Waals surface area (Å²) >= 11 is 0. The summed E-state index contributed by atoms with van der Waals surface area (Å²) in [6, 6.07) is 13.1. The molecule has 0 radical (unpaired) electrons. The van der Waals surface area contributed by atoms with E-state index in [1.54, 1.807) is 0 Å². The van der Waals surface area contributed by atoms with Gasteiger partial charge >= 0.3 is 5.97 Å². The smallest absolute Gasteiger partial charge is 0.342 e. The molecule has 2 rings (SSSR count). The Bertz CT molecular complexity index is 669. The third kappa shape index (κ3) is 3.36. The lowest BCUT2D eigenvalue weighted by Gasteiger charge is -2.15. The van der Waals surface area contributed by atoms with Crippen LogP contribution in [0.3, 0.4) is 0 Å². The summed E-state index contributed by atoms with van der Waals surface area (Å²) in [5.74, 6) is -1.09. The van der Waals surface area contributed by atoms with Crippen LogP contribution in [0.25, 0.3) is 0 Å². The van der Waals surface area contributed by atoms with Crippen molar-refractivity contribution in [3.8, 4) is 5.75 Å². The number of ether oxygens (including phenoxy) is 1. The maximum Gasteiger partial charge on any atom is 0.342 e. The topological polar surface area (TPSA) is 89.7 Å². The number of carboxylic acid groups (broad SMARTS) is 1. The average Bonchev–Trinajstić information content (AvgIpc) is 2.47. The summed E-state index contributed by atoms with van der Waals surface area (Å²) in [5, 5.41) is 19.8. The third-order valence-corrected chi connectivity index (χ3v) is 2.98. The van der Waals surface area contributed by atoms with Gasteiger partial charge in [0.25, 0.3) is 5.69 Å². The van der Waals surface area contributed by atoms with Crippen LogP contribution in [0.5, 0.6) is 5.75 Å². The van der Waals surface area contributed by atoms with Crippen molar-refractivity contribution in [2.45, 2.75) is 13.0 Å². The molecular weight excluding hydrogens is 274 g/mol. The molecule has 2 aromatic carbocycles. The summed E-state index contributed by atoms with van der Waals surface area (Å²) in [4.78, 5) is 21.1. The van der Waals surface area contributed by atoms with Gasteiger partial charge in [-0.1, -0.05) is 30.3 Å². The minimum atomic E-state index is -1.34. The van der Waals surface area contributed by atoms with Gasteiger partial charge in [-0.15, -0.1) is 0 Å². The van der Waals surface area contributed by atoms with E-state index in [1.807, 2.05) is 37.3 Å². The minimum Gasteiger partial charge on any atom is -0.486 e. The number of nitro groups is 1. The van der Waals surface area contributed by atoms with E-state index in [9.17, 15) is 14.9 Å². The van der Waals surface area contributed by atoms with Crippen molar-refractivity contribution < 1.29 is 19.6 Å². The standard InChI is InChI=1S/C15H13NO5/c1-10(11-5-3-2-4-6-11)21-12-7-8-13(15(17)18)14(9-12)16(19)20/h2-10H,1H3,(H,17,18). The van der Waals surface area contributed by atoms with Crippen molar-refractivity contribution in [2.75, 3.05) is 0 Å². The lowest BCUT2D eigenvalue weighted by atomic mass is 10.1. The number of benzene rings is 2. The first-order chi connectivity index (χ1) is 9.99. The van der Waals surface area contributed by atoms with Crippen LogP contribution in [0.15, 0.2) is 48.5 Å². The van der Waals surface area contributed by atoms with Gasteiger partial charge in [0.15, 0.2) is 0 Å². The van der Waals surface area contributed by atoms with Gasteiger partial charge in [0.2, 0.25) is 0 Å². The highest BCUT2D eigenvalue weighted by Crippen LogP contribution is 2.28. The zero-order chi connectivity index (χ0) is 15.4. The van der Waals surface area contributed by atoms with E-state index in [2.05, 4.69) is 0 Å². The number of nitrogens with zero attached hydrogens (tertiary/aromatic N) is 1. The molecule has 6 nitrogen and oxygen atoms in total. The predicted octanol–water partition coefficient (Wildman–Crippen LogP) is 3.43. The number of rotatable bonds is 5. The maximum absolute atomic E-state index is 10.9. The van der Waals surface area contributed by atoms with Crippen molar-refractivity contribution >= 4 is 11.7 Å². The molecule has 6 heteroatoms. The number of hydrogen-bond acceptors (Lipinski definition) is 4. The predicted molar refractivity (Wildman–Crippen MR) is 75.5 cm³/mol. The van der Waals surface area contributed by atoms with E-state index in [4.69, 9.17) is 9.84 Å². The van der Waals surface area contributed by atoms with Crippen molar-refractivity contribution in [3.05, 3.63) is 69.8 Å². The van der Waals surface area contributed by atoms with Crippen LogP contribution in [0.2, 0.25) is 0 Å². The summed E-state index contributed by atoms with van der Waals surface area (Å²) < 4.78 is 5.63. The van der Waals surface area contributed by atoms with Crippen molar-refractivity contribution in [1.82, 2.24) is 0 Å². The Morgan fingerprint density at radius 1 is 1.24 bits per heavy atom. The largest absolute Gasteiger partial charge is 0.486 e. The highest BCUT2D eigenvalue weighted by molar-refractivity contribution is 5.92. The molecule has 1 unspecified atom stereocenters. The second-order valence-electron chi connectivity index (χ2n) is 4.41. The third-order valence-electron chi connectivity index (χ3n) is 2.98. The molecule has 0 aliphatic rings. The molecular formula is C15H13NO5. The van der Waals surface area contributed by atoms with Crippen molar-refractivity contribution in [2.24, 2.45) is 0 Å². The molecule has 0 aromatic heterocycles. The molecule has 1 N–H and O–H groups in total. The normalized spacial score (nSPS) is 11.7. The van der Waals surface area contributed by atoms with Crippen LogP contribution in [-0.4, -0.2) is 16.0 Å². The van der Waals surface area contributed by atoms with E-state index in [-0.39, 0.29) is 17.4 Å². The van der Waals surface area contributed by atoms with Crippen molar-refractivity contribution in [3.63, 3.8) is 0 Å². The summed E-state index contributed by atoms with van der Waals surface area (Å²) in [7, 11) is 0. The molecule has 0 aliphatic heterocycles. The van der Waals surface area contributed by atoms with Crippen LogP contribution in [-0.2, 0) is 0 Å². The first-order valence-corrected chi connectivity index (χ1v) is 6.22. The van der Waals surface area contributed by atoms with Gasteiger partial charge in [-0.25, -0.2) is 4.79 Å². The van der Waals surface area contributed by atoms with Gasteiger partial charge in [0.1, 0.15) is 17.4 Å². The number of carbonyl (C=O) groups is 1. The number of hydrogen-bond donors (Lipinski definition) is 1. The highest BCUT2D eigenvalue weighted by Gasteiger charge is 2.21. The Kier molecular flexibility index (Phi) is 4.18. The fourth-order valence-corrected chi connectivity index (χ4v) is 1.91. The molecule has 21 heavy (non-hydrogen) atoms. The Morgan fingerprint density at radius 3 is 2.48 bits per heavy atom. The van der Waals surface area contributed by atoms with Gasteiger partial charge in [0, 0.05) is 0 Å². The second kappa shape index (κ2) is 6.04. The quantitative estimate of drug-likeness (QED) is 0.672. The fourth-order valence-electron chi connectivity index (χ4n) is 1.91. The maximum atomic E-state index is 10.9. The average molecular weight is 287 g/mol. The van der Waals surface area contributed by atoms with E-state index in [0.29, 0.717) is 0 Å². The Morgan fingerprint density at radius 2 is 1.90 bits per heavy atom. The van der Waals surface area contributed by atoms with Gasteiger partial charge in [0.05, 0.1) is 11.0 Å². The second-order valence-corrected chi connectivity index (χ2v) is 4.41. The molecule has 0 saturated heterocycles. The molecule has 108 valence electrons. The number of aromatic carboxylic acids is 1. The lowest BCUT2D eigenvalue weighted by Crippen LogP contribution is -2.06. The lowest BCUT2D eigenvalue weighted by molar-refractivity contribution is -0.385. The monoisotopic (exact) mass is 287 g/mol. The Hall–Kier alpha value is -2.89. The fraction of sp³-hybridized carbons (Fsp3) is 0.133. The molecule has 1 atom stereocenters. The molecule has 0 spiro atoms. The minimum absolute atomic E-state index is 0.253. The summed E-state index contributed by atoms with van der Waals surface area (Å²) in [6.07, 6.45) is -0.304. The van der Waals surface area contributed by atoms with Gasteiger partial charge < -0.3 is 9.84 Å². The van der Waals surface area contributed by atoms with Gasteiger partial charge in [-0.2, -0.15) is 0 Å². The van der Waals surface area contributed by atoms with Crippen LogP contribution in [0.1, 0.15) is 28.9 Å². The van der Waals surface area contributed by atoms with Crippen molar-refractivity contribution in [1.29, 1.82) is 0 Å². The zero-order valence-electron chi connectivity index (χ0n) is 11.2. The molecule has 0 saturated carbocycles. The first kappa shape index (κ1) is 14.5. The van der Waals surface area contributed by atoms with E-state index in [0.717, 1.165) is 11.6 Å².